The van der Waals surface area contributed by atoms with Crippen LogP contribution in [0, 0.1) is 0 Å². The molecule has 0 aliphatic carbocycles. The fraction of sp³-hybridized carbons (Fsp3) is 0.0233. The van der Waals surface area contributed by atoms with Gasteiger partial charge in [0.05, 0.1) is 6.61 Å². The molecule has 0 saturated carbocycles. The van der Waals surface area contributed by atoms with Crippen molar-refractivity contribution in [3.05, 3.63) is 194 Å². The van der Waals surface area contributed by atoms with Crippen molar-refractivity contribution in [2.45, 2.75) is 6.61 Å². The molecule has 2 unspecified atom stereocenters. The van der Waals surface area contributed by atoms with E-state index in [2.05, 4.69) is 48.5 Å². The summed E-state index contributed by atoms with van der Waals surface area (Å²) in [6.07, 6.45) is 0. The Labute approximate surface area is 296 Å². The average molecular weight is 693 g/mol. The van der Waals surface area contributed by atoms with Crippen molar-refractivity contribution >= 4 is 17.6 Å². The number of hydrogen-bond acceptors (Lipinski definition) is 5. The highest BCUT2D eigenvalue weighted by atomic mass is 31.2. The fourth-order valence-corrected chi connectivity index (χ4v) is 6.89. The molecule has 0 N–H and O–H groups in total. The van der Waals surface area contributed by atoms with Crippen LogP contribution in [0.15, 0.2) is 188 Å². The molecule has 50 heavy (non-hydrogen) atoms. The summed E-state index contributed by atoms with van der Waals surface area (Å²) in [4.78, 5) is 0. The van der Waals surface area contributed by atoms with Gasteiger partial charge in [0.25, 0.3) is 0 Å². The lowest BCUT2D eigenvalue weighted by atomic mass is 10.1. The highest BCUT2D eigenvalue weighted by Crippen LogP contribution is 2.46. The van der Waals surface area contributed by atoms with E-state index >= 15 is 0 Å². The summed E-state index contributed by atoms with van der Waals surface area (Å²) in [5, 5.41) is 0. The van der Waals surface area contributed by atoms with E-state index in [4.69, 9.17) is 22.6 Å². The molecule has 0 heterocycles. The van der Waals surface area contributed by atoms with Crippen molar-refractivity contribution in [1.29, 1.82) is 0 Å². The van der Waals surface area contributed by atoms with Gasteiger partial charge in [0.1, 0.15) is 23.0 Å². The maximum atomic E-state index is 6.60. The molecule has 0 aliphatic heterocycles. The summed E-state index contributed by atoms with van der Waals surface area (Å²) in [5.41, 5.74) is 7.17. The van der Waals surface area contributed by atoms with Crippen molar-refractivity contribution < 1.29 is 22.6 Å². The lowest BCUT2D eigenvalue weighted by Crippen LogP contribution is -2.05. The zero-order valence-corrected chi connectivity index (χ0v) is 29.0. The van der Waals surface area contributed by atoms with E-state index in [1.54, 1.807) is 0 Å². The Balaban J connectivity index is 1.09. The average Bonchev–Trinajstić information content (AvgIpc) is 3.18. The van der Waals surface area contributed by atoms with Crippen molar-refractivity contribution in [2.24, 2.45) is 0 Å². The Bertz CT molecular complexity index is 2110. The summed E-state index contributed by atoms with van der Waals surface area (Å²) in [6, 6.07) is 62.2. The molecular weight excluding hydrogens is 658 g/mol. The van der Waals surface area contributed by atoms with Gasteiger partial charge in [-0.2, -0.15) is 0 Å². The highest BCUT2D eigenvalue weighted by molar-refractivity contribution is 7.43. The van der Waals surface area contributed by atoms with Crippen LogP contribution in [0.25, 0.3) is 33.4 Å². The second-order valence-electron chi connectivity index (χ2n) is 11.2. The maximum absolute atomic E-state index is 6.60. The van der Waals surface area contributed by atoms with Crippen molar-refractivity contribution in [3.8, 4) is 56.4 Å². The summed E-state index contributed by atoms with van der Waals surface area (Å²) < 4.78 is 31.7. The monoisotopic (exact) mass is 692 g/mol. The molecule has 0 fully saturated rings. The Morgan fingerprint density at radius 3 is 1.58 bits per heavy atom. The number of hydrogen-bond donors (Lipinski definition) is 0. The second kappa shape index (κ2) is 16.8. The van der Waals surface area contributed by atoms with E-state index < -0.39 is 8.60 Å². The van der Waals surface area contributed by atoms with Crippen LogP contribution in [-0.2, 0) is 11.1 Å². The van der Waals surface area contributed by atoms with Crippen LogP contribution in [0.3, 0.4) is 0 Å². The maximum Gasteiger partial charge on any atom is 0.530 e. The van der Waals surface area contributed by atoms with Crippen LogP contribution in [-0.4, -0.2) is 0 Å². The van der Waals surface area contributed by atoms with E-state index in [9.17, 15) is 0 Å². The van der Waals surface area contributed by atoms with Crippen LogP contribution in [0.4, 0.5) is 0 Å². The Kier molecular flexibility index (Phi) is 11.1. The molecule has 2 atom stereocenters. The van der Waals surface area contributed by atoms with E-state index in [1.165, 1.54) is 0 Å². The first kappa shape index (κ1) is 33.1. The van der Waals surface area contributed by atoms with Gasteiger partial charge in [-0.3, -0.25) is 0 Å². The van der Waals surface area contributed by atoms with Crippen molar-refractivity contribution in [3.63, 3.8) is 0 Å². The predicted octanol–water partition coefficient (Wildman–Crippen LogP) is 12.6. The standard InChI is InChI=1S/C43H34O5P2/c1-4-16-33(17-5-1)36-23-14-25-39(30-36)45-49-44-32-38-22-10-12-28-42(38)47-50(46-40-26-15-24-37(31-40)34-18-6-2-7-19-34)48-43-29-13-11-27-41(43)35-20-8-3-9-21-35/h1-31,49H,32H2. The van der Waals surface area contributed by atoms with E-state index in [1.807, 2.05) is 140 Å². The molecule has 0 spiro atoms. The third-order valence-electron chi connectivity index (χ3n) is 7.80. The highest BCUT2D eigenvalue weighted by Gasteiger charge is 2.23. The largest absolute Gasteiger partial charge is 0.530 e. The molecule has 0 radical (unpaired) electrons. The summed E-state index contributed by atoms with van der Waals surface area (Å²) in [5.74, 6) is 2.64. The molecular formula is C43H34O5P2. The van der Waals surface area contributed by atoms with E-state index in [0.29, 0.717) is 17.2 Å². The second-order valence-corrected chi connectivity index (χ2v) is 12.9. The zero-order valence-electron chi connectivity index (χ0n) is 27.1. The number of benzene rings is 7. The first-order valence-electron chi connectivity index (χ1n) is 16.2. The van der Waals surface area contributed by atoms with Crippen LogP contribution < -0.4 is 18.1 Å². The minimum absolute atomic E-state index is 0.209. The molecule has 7 aromatic carbocycles. The quantitative estimate of drug-likeness (QED) is 0.0839. The van der Waals surface area contributed by atoms with Crippen LogP contribution >= 0.6 is 17.6 Å². The van der Waals surface area contributed by atoms with Crippen molar-refractivity contribution in [2.75, 3.05) is 0 Å². The van der Waals surface area contributed by atoms with Gasteiger partial charge in [0.2, 0.25) is 9.03 Å². The molecule has 0 aliphatic rings. The molecule has 7 rings (SSSR count). The molecule has 0 saturated heterocycles. The Morgan fingerprint density at radius 1 is 0.400 bits per heavy atom. The van der Waals surface area contributed by atoms with Gasteiger partial charge >= 0.3 is 8.60 Å². The topological polar surface area (TPSA) is 46.2 Å². The molecule has 7 aromatic rings. The normalized spacial score (nSPS) is 11.6. The summed E-state index contributed by atoms with van der Waals surface area (Å²) >= 11 is 0. The molecule has 0 amide bonds. The smallest absolute Gasteiger partial charge is 0.450 e. The molecule has 0 bridgehead atoms. The lowest BCUT2D eigenvalue weighted by Gasteiger charge is -2.21. The van der Waals surface area contributed by atoms with Crippen LogP contribution in [0.1, 0.15) is 5.56 Å². The van der Waals surface area contributed by atoms with Gasteiger partial charge in [-0.15, -0.1) is 0 Å². The first-order valence-corrected chi connectivity index (χ1v) is 18.1. The van der Waals surface area contributed by atoms with Crippen LogP contribution in [0.5, 0.6) is 23.0 Å². The van der Waals surface area contributed by atoms with Crippen molar-refractivity contribution in [1.82, 2.24) is 0 Å². The zero-order chi connectivity index (χ0) is 33.8. The van der Waals surface area contributed by atoms with Gasteiger partial charge in [-0.1, -0.05) is 152 Å². The molecule has 7 heteroatoms. The predicted molar refractivity (Wildman–Crippen MR) is 205 cm³/mol. The Hall–Kier alpha value is -5.44. The van der Waals surface area contributed by atoms with Gasteiger partial charge in [-0.05, 0) is 64.2 Å². The summed E-state index contributed by atoms with van der Waals surface area (Å²) in [6.45, 7) is 0.278. The molecule has 0 aromatic heterocycles. The number of para-hydroxylation sites is 2. The lowest BCUT2D eigenvalue weighted by molar-refractivity contribution is 0.313. The SMILES string of the molecule is c1ccc(-c2cccc(OPOCc3ccccc3OP(Oc3cccc(-c4ccccc4)c3)Oc3ccccc3-c3ccccc3)c2)cc1. The Morgan fingerprint density at radius 2 is 0.900 bits per heavy atom. The van der Waals surface area contributed by atoms with Crippen LogP contribution in [0.2, 0.25) is 0 Å². The summed E-state index contributed by atoms with van der Waals surface area (Å²) in [7, 11) is -2.17. The fourth-order valence-electron chi connectivity index (χ4n) is 5.33. The minimum Gasteiger partial charge on any atom is -0.450 e. The van der Waals surface area contributed by atoms with Gasteiger partial charge in [-0.25, -0.2) is 0 Å². The molecule has 246 valence electrons. The third kappa shape index (κ3) is 8.77. The minimum atomic E-state index is -1.96. The molecule has 5 nitrogen and oxygen atoms in total. The number of rotatable bonds is 14. The van der Waals surface area contributed by atoms with Gasteiger partial charge in [0.15, 0.2) is 0 Å². The van der Waals surface area contributed by atoms with Gasteiger partial charge < -0.3 is 22.6 Å². The van der Waals surface area contributed by atoms with E-state index in [0.717, 1.165) is 44.7 Å². The first-order chi connectivity index (χ1) is 24.8. The third-order valence-corrected chi connectivity index (χ3v) is 9.43. The van der Waals surface area contributed by atoms with E-state index in [-0.39, 0.29) is 15.6 Å². The van der Waals surface area contributed by atoms with Gasteiger partial charge in [0, 0.05) is 11.1 Å².